The standard InChI is InChI=1S/C19H25NO5S/c1-16-7-9-19(10-8-16)26(23,24)20(11-12-21)13-18(22)15-25-14-17-5-3-2-4-6-17/h2-10,18,21-22H,11-15H2,1H3/t18-/m1/s1. The molecule has 2 N–H and O–H groups in total. The molecule has 2 aromatic carbocycles. The maximum absolute atomic E-state index is 12.7. The molecule has 6 nitrogen and oxygen atoms in total. The van der Waals surface area contributed by atoms with Gasteiger partial charge in [0.15, 0.2) is 0 Å². The van der Waals surface area contributed by atoms with Crippen molar-refractivity contribution in [2.75, 3.05) is 26.3 Å². The number of aryl methyl sites for hydroxylation is 1. The summed E-state index contributed by atoms with van der Waals surface area (Å²) in [6.45, 7) is 1.64. The quantitative estimate of drug-likeness (QED) is 0.654. The number of rotatable bonds is 10. The predicted octanol–water partition coefficient (Wildman–Crippen LogP) is 1.56. The van der Waals surface area contributed by atoms with E-state index in [-0.39, 0.29) is 31.2 Å². The van der Waals surface area contributed by atoms with Gasteiger partial charge < -0.3 is 14.9 Å². The van der Waals surface area contributed by atoms with Crippen molar-refractivity contribution in [3.05, 3.63) is 65.7 Å². The average Bonchev–Trinajstić information content (AvgIpc) is 2.62. The third-order valence-electron chi connectivity index (χ3n) is 3.84. The van der Waals surface area contributed by atoms with E-state index in [2.05, 4.69) is 0 Å². The summed E-state index contributed by atoms with van der Waals surface area (Å²) in [5.74, 6) is 0. The molecule has 0 spiro atoms. The number of aliphatic hydroxyl groups is 2. The fraction of sp³-hybridized carbons (Fsp3) is 0.368. The zero-order valence-electron chi connectivity index (χ0n) is 14.8. The van der Waals surface area contributed by atoms with Crippen molar-refractivity contribution in [1.29, 1.82) is 0 Å². The summed E-state index contributed by atoms with van der Waals surface area (Å²) in [5, 5.41) is 19.4. The van der Waals surface area contributed by atoms with E-state index in [1.165, 1.54) is 12.1 Å². The molecule has 0 aliphatic heterocycles. The molecule has 0 saturated carbocycles. The topological polar surface area (TPSA) is 87.1 Å². The molecule has 1 atom stereocenters. The molecule has 0 aliphatic carbocycles. The van der Waals surface area contributed by atoms with Gasteiger partial charge >= 0.3 is 0 Å². The third-order valence-corrected chi connectivity index (χ3v) is 5.72. The van der Waals surface area contributed by atoms with Crippen LogP contribution in [0.25, 0.3) is 0 Å². The van der Waals surface area contributed by atoms with Gasteiger partial charge in [-0.2, -0.15) is 4.31 Å². The van der Waals surface area contributed by atoms with E-state index in [1.807, 2.05) is 37.3 Å². The molecular weight excluding hydrogens is 354 g/mol. The molecule has 0 aliphatic rings. The Balaban J connectivity index is 1.96. The smallest absolute Gasteiger partial charge is 0.243 e. The summed E-state index contributed by atoms with van der Waals surface area (Å²) in [7, 11) is -3.79. The Morgan fingerprint density at radius 1 is 1.08 bits per heavy atom. The second kappa shape index (κ2) is 9.80. The fourth-order valence-electron chi connectivity index (χ4n) is 2.46. The van der Waals surface area contributed by atoms with Crippen molar-refractivity contribution in [3.63, 3.8) is 0 Å². The van der Waals surface area contributed by atoms with Crippen LogP contribution in [0.1, 0.15) is 11.1 Å². The highest BCUT2D eigenvalue weighted by molar-refractivity contribution is 7.89. The van der Waals surface area contributed by atoms with Crippen molar-refractivity contribution < 1.29 is 23.4 Å². The normalized spacial score (nSPS) is 13.1. The third kappa shape index (κ3) is 5.89. The second-order valence-electron chi connectivity index (χ2n) is 6.05. The summed E-state index contributed by atoms with van der Waals surface area (Å²) in [6, 6.07) is 16.0. The van der Waals surface area contributed by atoms with E-state index in [0.717, 1.165) is 15.4 Å². The molecule has 0 amide bonds. The van der Waals surface area contributed by atoms with Crippen molar-refractivity contribution in [3.8, 4) is 0 Å². The highest BCUT2D eigenvalue weighted by Crippen LogP contribution is 2.16. The van der Waals surface area contributed by atoms with Crippen LogP contribution >= 0.6 is 0 Å². The van der Waals surface area contributed by atoms with Crippen LogP contribution in [-0.2, 0) is 21.4 Å². The van der Waals surface area contributed by atoms with Gasteiger partial charge in [-0.25, -0.2) is 8.42 Å². The first-order valence-electron chi connectivity index (χ1n) is 8.41. The molecule has 26 heavy (non-hydrogen) atoms. The van der Waals surface area contributed by atoms with Gasteiger partial charge in [0, 0.05) is 13.1 Å². The van der Waals surface area contributed by atoms with E-state index in [9.17, 15) is 18.6 Å². The van der Waals surface area contributed by atoms with Crippen LogP contribution < -0.4 is 0 Å². The highest BCUT2D eigenvalue weighted by Gasteiger charge is 2.26. The van der Waals surface area contributed by atoms with E-state index in [0.29, 0.717) is 6.61 Å². The lowest BCUT2D eigenvalue weighted by atomic mass is 10.2. The molecule has 0 fully saturated rings. The molecular formula is C19H25NO5S. The van der Waals surface area contributed by atoms with E-state index in [4.69, 9.17) is 4.74 Å². The summed E-state index contributed by atoms with van der Waals surface area (Å²) in [4.78, 5) is 0.133. The number of sulfonamides is 1. The summed E-state index contributed by atoms with van der Waals surface area (Å²) in [6.07, 6.45) is -0.995. The lowest BCUT2D eigenvalue weighted by Gasteiger charge is -2.24. The number of nitrogens with zero attached hydrogens (tertiary/aromatic N) is 1. The minimum Gasteiger partial charge on any atom is -0.395 e. The summed E-state index contributed by atoms with van der Waals surface area (Å²) >= 11 is 0. The first kappa shape index (κ1) is 20.5. The van der Waals surface area contributed by atoms with Gasteiger partial charge in [-0.05, 0) is 24.6 Å². The number of hydrogen-bond acceptors (Lipinski definition) is 5. The number of ether oxygens (including phenoxy) is 1. The van der Waals surface area contributed by atoms with Crippen LogP contribution in [0.4, 0.5) is 0 Å². The molecule has 0 unspecified atom stereocenters. The van der Waals surface area contributed by atoms with Gasteiger partial charge in [0.25, 0.3) is 0 Å². The van der Waals surface area contributed by atoms with Gasteiger partial charge in [0.05, 0.1) is 30.8 Å². The van der Waals surface area contributed by atoms with Crippen LogP contribution in [0.3, 0.4) is 0 Å². The lowest BCUT2D eigenvalue weighted by molar-refractivity contribution is 0.0191. The van der Waals surface area contributed by atoms with E-state index in [1.54, 1.807) is 12.1 Å². The summed E-state index contributed by atoms with van der Waals surface area (Å²) in [5.41, 5.74) is 1.92. The number of hydrogen-bond donors (Lipinski definition) is 2. The maximum atomic E-state index is 12.7. The van der Waals surface area contributed by atoms with Crippen molar-refractivity contribution >= 4 is 10.0 Å². The number of aliphatic hydroxyl groups excluding tert-OH is 2. The molecule has 0 bridgehead atoms. The Labute approximate surface area is 154 Å². The van der Waals surface area contributed by atoms with Crippen molar-refractivity contribution in [1.82, 2.24) is 4.31 Å². The van der Waals surface area contributed by atoms with Gasteiger partial charge in [-0.1, -0.05) is 48.0 Å². The lowest BCUT2D eigenvalue weighted by Crippen LogP contribution is -2.40. The molecule has 2 aromatic rings. The monoisotopic (exact) mass is 379 g/mol. The molecule has 2 rings (SSSR count). The zero-order chi connectivity index (χ0) is 19.0. The molecule has 142 valence electrons. The Morgan fingerprint density at radius 3 is 2.35 bits per heavy atom. The van der Waals surface area contributed by atoms with Crippen molar-refractivity contribution in [2.24, 2.45) is 0 Å². The first-order chi connectivity index (χ1) is 12.4. The highest BCUT2D eigenvalue weighted by atomic mass is 32.2. The zero-order valence-corrected chi connectivity index (χ0v) is 15.6. The minimum atomic E-state index is -3.79. The van der Waals surface area contributed by atoms with E-state index < -0.39 is 16.1 Å². The maximum Gasteiger partial charge on any atom is 0.243 e. The van der Waals surface area contributed by atoms with Crippen molar-refractivity contribution in [2.45, 2.75) is 24.5 Å². The molecule has 0 radical (unpaired) electrons. The van der Waals surface area contributed by atoms with Gasteiger partial charge in [-0.15, -0.1) is 0 Å². The van der Waals surface area contributed by atoms with Crippen LogP contribution in [0, 0.1) is 6.92 Å². The second-order valence-corrected chi connectivity index (χ2v) is 7.99. The Bertz CT molecular complexity index is 762. The van der Waals surface area contributed by atoms with Gasteiger partial charge in [0.2, 0.25) is 10.0 Å². The summed E-state index contributed by atoms with van der Waals surface area (Å²) < 4.78 is 32.0. The Kier molecular flexibility index (Phi) is 7.74. The van der Waals surface area contributed by atoms with E-state index >= 15 is 0 Å². The molecule has 0 heterocycles. The van der Waals surface area contributed by atoms with Crippen LogP contribution in [0.15, 0.2) is 59.5 Å². The van der Waals surface area contributed by atoms with Gasteiger partial charge in [0.1, 0.15) is 0 Å². The molecule has 0 saturated heterocycles. The van der Waals surface area contributed by atoms with Crippen LogP contribution in [-0.4, -0.2) is 55.3 Å². The largest absolute Gasteiger partial charge is 0.395 e. The average molecular weight is 379 g/mol. The first-order valence-corrected chi connectivity index (χ1v) is 9.85. The molecule has 7 heteroatoms. The molecule has 0 aromatic heterocycles. The van der Waals surface area contributed by atoms with Crippen LogP contribution in [0.2, 0.25) is 0 Å². The Hall–Kier alpha value is -1.77. The fourth-order valence-corrected chi connectivity index (χ4v) is 3.92. The van der Waals surface area contributed by atoms with Crippen LogP contribution in [0.5, 0.6) is 0 Å². The SMILES string of the molecule is Cc1ccc(S(=O)(=O)N(CCO)C[C@@H](O)COCc2ccccc2)cc1. The van der Waals surface area contributed by atoms with Gasteiger partial charge in [-0.3, -0.25) is 0 Å². The Morgan fingerprint density at radius 2 is 1.73 bits per heavy atom. The number of benzene rings is 2. The minimum absolute atomic E-state index is 0.000239. The predicted molar refractivity (Wildman–Crippen MR) is 99.1 cm³/mol.